The zero-order chi connectivity index (χ0) is 19.3. The lowest BCUT2D eigenvalue weighted by molar-refractivity contribution is -0.151. The molecule has 26 heavy (non-hydrogen) atoms. The highest BCUT2D eigenvalue weighted by molar-refractivity contribution is 8.03. The highest BCUT2D eigenvalue weighted by Crippen LogP contribution is 2.58. The largest absolute Gasteiger partial charge is 0.478 e. The van der Waals surface area contributed by atoms with Gasteiger partial charge in [-0.1, -0.05) is 6.92 Å². The van der Waals surface area contributed by atoms with Crippen molar-refractivity contribution >= 4 is 29.4 Å². The van der Waals surface area contributed by atoms with Crippen molar-refractivity contribution in [3.8, 4) is 0 Å². The number of nitrogens with one attached hydrogen (secondary N) is 1. The Balaban J connectivity index is 1.78. The molecule has 0 aromatic heterocycles. The molecular weight excluding hydrogens is 356 g/mol. The van der Waals surface area contributed by atoms with E-state index in [0.717, 1.165) is 4.91 Å². The Kier molecular flexibility index (Phi) is 5.20. The van der Waals surface area contributed by atoms with Gasteiger partial charge in [-0.15, -0.1) is 11.8 Å². The molecule has 1 aliphatic heterocycles. The number of aliphatic hydroxyl groups excluding tert-OH is 1. The van der Waals surface area contributed by atoms with Gasteiger partial charge in [-0.25, -0.2) is 4.79 Å². The number of hydrogen-bond donors (Lipinski definition) is 3. The number of carboxylic acid groups (broad SMARTS) is 1. The second kappa shape index (κ2) is 6.98. The molecule has 3 N–H and O–H groups in total. The van der Waals surface area contributed by atoms with Crippen LogP contribution in [0.5, 0.6) is 0 Å². The Hall–Kier alpha value is -1.38. The molecule has 8 heteroatoms. The lowest BCUT2D eigenvalue weighted by atomic mass is 9.59. The molecule has 3 aliphatic rings. The number of hydrogen-bond acceptors (Lipinski definition) is 6. The number of carbonyl (C=O) groups excluding carboxylic acids is 2. The van der Waals surface area contributed by atoms with E-state index in [4.69, 9.17) is 0 Å². The van der Waals surface area contributed by atoms with E-state index in [-0.39, 0.29) is 40.4 Å². The van der Waals surface area contributed by atoms with E-state index in [2.05, 4.69) is 5.32 Å². The maximum Gasteiger partial charge on any atom is 0.333 e. The number of Topliss-reactive ketones (excluding diaryl/α,β-unsaturated/α-hetero) is 1. The Bertz CT molecular complexity index is 674. The molecule has 3 rings (SSSR count). The molecule has 0 radical (unpaired) electrons. The first kappa shape index (κ1) is 19.4. The van der Waals surface area contributed by atoms with E-state index in [1.54, 1.807) is 25.9 Å². The SMILES string of the molecule is CC(O)C1C(=O)C2C(C(=O)O)=C(SC3CNC(C(=O)N(C)C)C3)C(C)C21. The van der Waals surface area contributed by atoms with Crippen molar-refractivity contribution < 1.29 is 24.6 Å². The predicted molar refractivity (Wildman–Crippen MR) is 97.5 cm³/mol. The van der Waals surface area contributed by atoms with Crippen LogP contribution in [-0.2, 0) is 14.4 Å². The molecule has 0 bridgehead atoms. The fraction of sp³-hybridized carbons (Fsp3) is 0.722. The van der Waals surface area contributed by atoms with Crippen molar-refractivity contribution in [3.63, 3.8) is 0 Å². The summed E-state index contributed by atoms with van der Waals surface area (Å²) in [7, 11) is 3.43. The lowest BCUT2D eigenvalue weighted by Crippen LogP contribution is -2.53. The molecule has 1 heterocycles. The first-order valence-corrected chi connectivity index (χ1v) is 9.83. The van der Waals surface area contributed by atoms with Crippen LogP contribution in [0.4, 0.5) is 0 Å². The van der Waals surface area contributed by atoms with Gasteiger partial charge < -0.3 is 20.4 Å². The minimum absolute atomic E-state index is 0.0180. The number of aliphatic hydroxyl groups is 1. The normalized spacial score (nSPS) is 37.3. The second-order valence-corrected chi connectivity index (χ2v) is 9.11. The minimum atomic E-state index is -1.05. The highest BCUT2D eigenvalue weighted by Gasteiger charge is 2.61. The number of carbonyl (C=O) groups is 3. The average Bonchev–Trinajstić information content (AvgIpc) is 3.09. The first-order valence-electron chi connectivity index (χ1n) is 8.95. The molecule has 2 fully saturated rings. The standard InChI is InChI=1S/C18H26N2O5S/c1-7-11-12(8(2)21)15(22)13(11)14(18(24)25)16(7)26-9-5-10(19-6-9)17(23)20(3)4/h7-13,19,21H,5-6H2,1-4H3,(H,24,25). The number of fused-ring (bicyclic) bond motifs is 1. The second-order valence-electron chi connectivity index (χ2n) is 7.76. The summed E-state index contributed by atoms with van der Waals surface area (Å²) in [5.41, 5.74) is 0.205. The summed E-state index contributed by atoms with van der Waals surface area (Å²) in [5, 5.41) is 22.9. The van der Waals surface area contributed by atoms with Gasteiger partial charge in [0.15, 0.2) is 0 Å². The van der Waals surface area contributed by atoms with Gasteiger partial charge in [0.05, 0.1) is 23.6 Å². The summed E-state index contributed by atoms with van der Waals surface area (Å²) in [5.74, 6) is -2.47. The highest BCUT2D eigenvalue weighted by atomic mass is 32.2. The first-order chi connectivity index (χ1) is 12.1. The van der Waals surface area contributed by atoms with Gasteiger partial charge in [0.2, 0.25) is 5.91 Å². The number of nitrogens with zero attached hydrogens (tertiary/aromatic N) is 1. The molecule has 0 aromatic rings. The van der Waals surface area contributed by atoms with Crippen molar-refractivity contribution in [1.29, 1.82) is 0 Å². The lowest BCUT2D eigenvalue weighted by Gasteiger charge is -2.43. The van der Waals surface area contributed by atoms with E-state index in [0.29, 0.717) is 13.0 Å². The molecule has 7 nitrogen and oxygen atoms in total. The van der Waals surface area contributed by atoms with E-state index in [1.165, 1.54) is 11.8 Å². The van der Waals surface area contributed by atoms with Crippen molar-refractivity contribution in [2.45, 2.75) is 37.7 Å². The minimum Gasteiger partial charge on any atom is -0.478 e. The molecule has 2 aliphatic carbocycles. The van der Waals surface area contributed by atoms with E-state index >= 15 is 0 Å². The van der Waals surface area contributed by atoms with Crippen LogP contribution in [0, 0.1) is 23.7 Å². The van der Waals surface area contributed by atoms with Gasteiger partial charge in [0.25, 0.3) is 0 Å². The van der Waals surface area contributed by atoms with Gasteiger partial charge in [0, 0.05) is 31.8 Å². The topological polar surface area (TPSA) is 107 Å². The van der Waals surface area contributed by atoms with Gasteiger partial charge in [0.1, 0.15) is 5.78 Å². The quantitative estimate of drug-likeness (QED) is 0.629. The molecule has 1 saturated heterocycles. The molecule has 144 valence electrons. The van der Waals surface area contributed by atoms with Gasteiger partial charge in [-0.3, -0.25) is 9.59 Å². The number of aliphatic carboxylic acids is 1. The van der Waals surface area contributed by atoms with Gasteiger partial charge >= 0.3 is 5.97 Å². The number of allylic oxidation sites excluding steroid dienone is 1. The van der Waals surface area contributed by atoms with Crippen LogP contribution >= 0.6 is 11.8 Å². The summed E-state index contributed by atoms with van der Waals surface area (Å²) in [6.45, 7) is 4.17. The van der Waals surface area contributed by atoms with Crippen LogP contribution in [0.1, 0.15) is 20.3 Å². The monoisotopic (exact) mass is 382 g/mol. The zero-order valence-electron chi connectivity index (χ0n) is 15.4. The third-order valence-electron chi connectivity index (χ3n) is 5.88. The molecular formula is C18H26N2O5S. The summed E-state index contributed by atoms with van der Waals surface area (Å²) in [4.78, 5) is 38.7. The maximum atomic E-state index is 12.4. The molecule has 0 spiro atoms. The fourth-order valence-electron chi connectivity index (χ4n) is 4.62. The smallest absolute Gasteiger partial charge is 0.333 e. The van der Waals surface area contributed by atoms with Gasteiger partial charge in [-0.2, -0.15) is 0 Å². The predicted octanol–water partition coefficient (Wildman–Crippen LogP) is 0.339. The number of likely N-dealkylation sites (N-methyl/N-ethyl adjacent to an activating group) is 1. The summed E-state index contributed by atoms with van der Waals surface area (Å²) in [6.07, 6.45) is -0.130. The molecule has 1 amide bonds. The zero-order valence-corrected chi connectivity index (χ0v) is 16.2. The van der Waals surface area contributed by atoms with Crippen molar-refractivity contribution in [3.05, 3.63) is 10.5 Å². The Morgan fingerprint density at radius 3 is 2.54 bits per heavy atom. The fourth-order valence-corrected chi connectivity index (χ4v) is 6.16. The van der Waals surface area contributed by atoms with E-state index in [1.807, 2.05) is 6.92 Å². The van der Waals surface area contributed by atoms with E-state index < -0.39 is 23.9 Å². The number of ketones is 1. The van der Waals surface area contributed by atoms with Crippen molar-refractivity contribution in [2.24, 2.45) is 23.7 Å². The third kappa shape index (κ3) is 2.97. The van der Waals surface area contributed by atoms with Crippen LogP contribution in [0.25, 0.3) is 0 Å². The van der Waals surface area contributed by atoms with Gasteiger partial charge in [-0.05, 0) is 30.1 Å². The summed E-state index contributed by atoms with van der Waals surface area (Å²) < 4.78 is 0. The number of rotatable bonds is 5. The number of carboxylic acids is 1. The average molecular weight is 382 g/mol. The molecule has 7 unspecified atom stereocenters. The summed E-state index contributed by atoms with van der Waals surface area (Å²) >= 11 is 1.49. The van der Waals surface area contributed by atoms with E-state index in [9.17, 15) is 24.6 Å². The van der Waals surface area contributed by atoms with Crippen LogP contribution < -0.4 is 5.32 Å². The van der Waals surface area contributed by atoms with Crippen molar-refractivity contribution in [2.75, 3.05) is 20.6 Å². The van der Waals surface area contributed by atoms with Crippen LogP contribution in [0.3, 0.4) is 0 Å². The Labute approximate surface area is 157 Å². The maximum absolute atomic E-state index is 12.4. The van der Waals surface area contributed by atoms with Crippen LogP contribution in [0.15, 0.2) is 10.5 Å². The molecule has 1 saturated carbocycles. The molecule has 0 aromatic carbocycles. The Morgan fingerprint density at radius 2 is 2.00 bits per heavy atom. The van der Waals surface area contributed by atoms with Crippen LogP contribution in [0.2, 0.25) is 0 Å². The summed E-state index contributed by atoms with van der Waals surface area (Å²) in [6, 6.07) is -0.253. The number of thioether (sulfide) groups is 1. The number of amides is 1. The van der Waals surface area contributed by atoms with Crippen LogP contribution in [-0.4, -0.2) is 70.8 Å². The third-order valence-corrected chi connectivity index (χ3v) is 7.41. The molecule has 7 atom stereocenters. The van der Waals surface area contributed by atoms with Crippen molar-refractivity contribution in [1.82, 2.24) is 10.2 Å². The Morgan fingerprint density at radius 1 is 1.35 bits per heavy atom.